The van der Waals surface area contributed by atoms with Gasteiger partial charge in [-0.3, -0.25) is 0 Å². The van der Waals surface area contributed by atoms with Crippen LogP contribution in [-0.2, 0) is 11.3 Å². The number of methoxy groups -OCH3 is 1. The van der Waals surface area contributed by atoms with E-state index in [0.29, 0.717) is 29.2 Å². The van der Waals surface area contributed by atoms with Crippen LogP contribution in [0.15, 0.2) is 48.7 Å². The quantitative estimate of drug-likeness (QED) is 0.694. The molecular formula is C16H13F2N3O. The molecule has 0 bridgehead atoms. The van der Waals surface area contributed by atoms with E-state index < -0.39 is 11.8 Å². The fraction of sp³-hybridized carbons (Fsp3) is 0.125. The summed E-state index contributed by atoms with van der Waals surface area (Å²) < 4.78 is 33.6. The zero-order valence-electron chi connectivity index (χ0n) is 11.8. The van der Waals surface area contributed by atoms with E-state index in [-0.39, 0.29) is 0 Å². The Morgan fingerprint density at radius 1 is 1.14 bits per heavy atom. The van der Waals surface area contributed by atoms with Crippen molar-refractivity contribution < 1.29 is 13.5 Å². The smallest absolute Gasteiger partial charge is 0.212 e. The number of rotatable bonds is 4. The lowest BCUT2D eigenvalue weighted by molar-refractivity contribution is 0.181. The maximum Gasteiger partial charge on any atom is 0.212 e. The van der Waals surface area contributed by atoms with Crippen LogP contribution in [0.4, 0.5) is 8.78 Å². The van der Waals surface area contributed by atoms with Gasteiger partial charge in [0.1, 0.15) is 11.5 Å². The van der Waals surface area contributed by atoms with Gasteiger partial charge in [0.15, 0.2) is 0 Å². The van der Waals surface area contributed by atoms with Gasteiger partial charge in [-0.15, -0.1) is 0 Å². The Balaban J connectivity index is 2.16. The molecule has 6 heteroatoms. The fourth-order valence-corrected chi connectivity index (χ4v) is 2.19. The van der Waals surface area contributed by atoms with Crippen molar-refractivity contribution in [3.05, 3.63) is 66.1 Å². The Labute approximate surface area is 126 Å². The predicted octanol–water partition coefficient (Wildman–Crippen LogP) is 3.36. The van der Waals surface area contributed by atoms with Crippen LogP contribution < -0.4 is 0 Å². The number of pyridine rings is 1. The Morgan fingerprint density at radius 3 is 2.64 bits per heavy atom. The van der Waals surface area contributed by atoms with Gasteiger partial charge in [0.2, 0.25) is 5.95 Å². The molecular weight excluding hydrogens is 288 g/mol. The van der Waals surface area contributed by atoms with Crippen LogP contribution in [0.2, 0.25) is 0 Å². The molecule has 0 N–H and O–H groups in total. The van der Waals surface area contributed by atoms with E-state index in [0.717, 1.165) is 0 Å². The van der Waals surface area contributed by atoms with E-state index in [1.807, 2.05) is 0 Å². The summed E-state index contributed by atoms with van der Waals surface area (Å²) >= 11 is 0. The molecule has 0 aliphatic carbocycles. The highest BCUT2D eigenvalue weighted by Crippen LogP contribution is 2.25. The maximum atomic E-state index is 14.1. The number of halogens is 2. The molecule has 0 saturated heterocycles. The topological polar surface area (TPSA) is 39.9 Å². The van der Waals surface area contributed by atoms with Gasteiger partial charge in [-0.25, -0.2) is 14.1 Å². The van der Waals surface area contributed by atoms with Crippen molar-refractivity contribution in [1.29, 1.82) is 0 Å². The van der Waals surface area contributed by atoms with Crippen LogP contribution in [0.25, 0.3) is 16.9 Å². The van der Waals surface area contributed by atoms with Crippen molar-refractivity contribution in [2.45, 2.75) is 6.61 Å². The Bertz CT molecular complexity index is 784. The molecule has 0 fully saturated rings. The van der Waals surface area contributed by atoms with Crippen molar-refractivity contribution in [2.75, 3.05) is 7.11 Å². The number of nitrogens with zero attached hydrogens (tertiary/aromatic N) is 3. The molecule has 3 rings (SSSR count). The third-order valence-electron chi connectivity index (χ3n) is 3.16. The van der Waals surface area contributed by atoms with Gasteiger partial charge in [0, 0.05) is 18.9 Å². The van der Waals surface area contributed by atoms with E-state index in [1.54, 1.807) is 37.4 Å². The first-order valence-electron chi connectivity index (χ1n) is 6.64. The molecule has 2 aromatic heterocycles. The standard InChI is InChI=1S/C16H13F2N3O/c1-22-10-12-8-15(11-6-7-16(18)19-9-11)21(20-12)14-5-3-2-4-13(14)17/h2-9H,10H2,1H3. The molecule has 0 spiro atoms. The molecule has 0 unspecified atom stereocenters. The second-order valence-electron chi connectivity index (χ2n) is 4.69. The lowest BCUT2D eigenvalue weighted by Gasteiger charge is -2.08. The number of aromatic nitrogens is 3. The number of hydrogen-bond acceptors (Lipinski definition) is 3. The van der Waals surface area contributed by atoms with Gasteiger partial charge in [0.05, 0.1) is 18.0 Å². The summed E-state index contributed by atoms with van der Waals surface area (Å²) in [6, 6.07) is 10.9. The zero-order valence-corrected chi connectivity index (χ0v) is 11.8. The predicted molar refractivity (Wildman–Crippen MR) is 77.4 cm³/mol. The van der Waals surface area contributed by atoms with E-state index >= 15 is 0 Å². The molecule has 4 nitrogen and oxygen atoms in total. The maximum absolute atomic E-state index is 14.1. The average Bonchev–Trinajstić information content (AvgIpc) is 2.93. The number of hydrogen-bond donors (Lipinski definition) is 0. The fourth-order valence-electron chi connectivity index (χ4n) is 2.19. The number of ether oxygens (including phenoxy) is 1. The lowest BCUT2D eigenvalue weighted by Crippen LogP contribution is -2.03. The first kappa shape index (κ1) is 14.3. The third-order valence-corrected chi connectivity index (χ3v) is 3.16. The summed E-state index contributed by atoms with van der Waals surface area (Å²) in [4.78, 5) is 3.64. The van der Waals surface area contributed by atoms with Gasteiger partial charge in [0.25, 0.3) is 0 Å². The van der Waals surface area contributed by atoms with E-state index in [9.17, 15) is 8.78 Å². The highest BCUT2D eigenvalue weighted by molar-refractivity contribution is 5.61. The van der Waals surface area contributed by atoms with Crippen LogP contribution in [0.3, 0.4) is 0 Å². The Kier molecular flexibility index (Phi) is 3.93. The van der Waals surface area contributed by atoms with Crippen molar-refractivity contribution in [3.63, 3.8) is 0 Å². The second-order valence-corrected chi connectivity index (χ2v) is 4.69. The third kappa shape index (κ3) is 2.73. The summed E-state index contributed by atoms with van der Waals surface area (Å²) in [6.07, 6.45) is 1.39. The lowest BCUT2D eigenvalue weighted by atomic mass is 10.2. The van der Waals surface area contributed by atoms with Crippen molar-refractivity contribution in [2.24, 2.45) is 0 Å². The minimum Gasteiger partial charge on any atom is -0.378 e. The molecule has 3 aromatic rings. The van der Waals surface area contributed by atoms with Crippen LogP contribution >= 0.6 is 0 Å². The van der Waals surface area contributed by atoms with E-state index in [2.05, 4.69) is 10.1 Å². The van der Waals surface area contributed by atoms with Crippen molar-refractivity contribution in [1.82, 2.24) is 14.8 Å². The minimum atomic E-state index is -0.571. The van der Waals surface area contributed by atoms with Gasteiger partial charge >= 0.3 is 0 Å². The van der Waals surface area contributed by atoms with Crippen LogP contribution in [-0.4, -0.2) is 21.9 Å². The van der Waals surface area contributed by atoms with Gasteiger partial charge in [-0.1, -0.05) is 12.1 Å². The molecule has 22 heavy (non-hydrogen) atoms. The number of benzene rings is 1. The molecule has 0 aliphatic rings. The summed E-state index contributed by atoms with van der Waals surface area (Å²) in [5.74, 6) is -0.969. The minimum absolute atomic E-state index is 0.295. The van der Waals surface area contributed by atoms with Crippen LogP contribution in [0.1, 0.15) is 5.69 Å². The SMILES string of the molecule is COCc1cc(-c2ccc(F)nc2)n(-c2ccccc2F)n1. The molecule has 0 atom stereocenters. The Hall–Kier alpha value is -2.60. The van der Waals surface area contributed by atoms with Crippen LogP contribution in [0.5, 0.6) is 0 Å². The van der Waals surface area contributed by atoms with Gasteiger partial charge < -0.3 is 4.74 Å². The van der Waals surface area contributed by atoms with Crippen molar-refractivity contribution >= 4 is 0 Å². The molecule has 112 valence electrons. The second kappa shape index (κ2) is 6.03. The van der Waals surface area contributed by atoms with E-state index in [4.69, 9.17) is 4.74 Å². The number of para-hydroxylation sites is 1. The normalized spacial score (nSPS) is 10.9. The molecule has 0 amide bonds. The van der Waals surface area contributed by atoms with Gasteiger partial charge in [-0.05, 0) is 30.3 Å². The first-order chi connectivity index (χ1) is 10.7. The Morgan fingerprint density at radius 2 is 1.95 bits per heavy atom. The largest absolute Gasteiger partial charge is 0.378 e. The molecule has 2 heterocycles. The monoisotopic (exact) mass is 301 g/mol. The van der Waals surface area contributed by atoms with Crippen LogP contribution in [0, 0.1) is 11.8 Å². The average molecular weight is 301 g/mol. The highest BCUT2D eigenvalue weighted by atomic mass is 19.1. The summed E-state index contributed by atoms with van der Waals surface area (Å²) in [7, 11) is 1.56. The first-order valence-corrected chi connectivity index (χ1v) is 6.64. The summed E-state index contributed by atoms with van der Waals surface area (Å²) in [5.41, 5.74) is 2.21. The molecule has 0 radical (unpaired) electrons. The molecule has 0 aliphatic heterocycles. The van der Waals surface area contributed by atoms with E-state index in [1.165, 1.54) is 23.0 Å². The van der Waals surface area contributed by atoms with Crippen molar-refractivity contribution in [3.8, 4) is 16.9 Å². The highest BCUT2D eigenvalue weighted by Gasteiger charge is 2.14. The van der Waals surface area contributed by atoms with Gasteiger partial charge in [-0.2, -0.15) is 9.49 Å². The molecule has 0 saturated carbocycles. The molecule has 1 aromatic carbocycles. The summed E-state index contributed by atoms with van der Waals surface area (Å²) in [5, 5.41) is 4.36. The summed E-state index contributed by atoms with van der Waals surface area (Å²) in [6.45, 7) is 0.295. The zero-order chi connectivity index (χ0) is 15.5.